The van der Waals surface area contributed by atoms with Gasteiger partial charge in [0.1, 0.15) is 0 Å². The Labute approximate surface area is 88.5 Å². The zero-order valence-corrected chi connectivity index (χ0v) is 9.19. The molecule has 1 nitrogen and oxygen atoms in total. The van der Waals surface area contributed by atoms with Crippen molar-refractivity contribution in [2.75, 3.05) is 18.6 Å². The number of benzene rings is 2. The highest BCUT2D eigenvalue weighted by molar-refractivity contribution is 7.98. The topological polar surface area (TPSA) is 12.0 Å². The van der Waals surface area contributed by atoms with Crippen LogP contribution in [0.2, 0.25) is 0 Å². The number of hydrogen-bond acceptors (Lipinski definition) is 2. The number of hydrogen-bond donors (Lipinski definition) is 1. The molecule has 72 valence electrons. The first-order valence-corrected chi connectivity index (χ1v) is 5.82. The maximum Gasteiger partial charge on any atom is 0.0344 e. The van der Waals surface area contributed by atoms with E-state index in [0.717, 1.165) is 5.69 Å². The molecular weight excluding hydrogens is 190 g/mol. The maximum absolute atomic E-state index is 3.15. The third-order valence-corrected chi connectivity index (χ3v) is 3.14. The molecular formula is C12H13NS. The van der Waals surface area contributed by atoms with Gasteiger partial charge >= 0.3 is 0 Å². The maximum atomic E-state index is 3.15. The normalized spacial score (nSPS) is 10.4. The molecule has 0 aromatic heterocycles. The number of nitrogens with one attached hydrogen (secondary N) is 1. The van der Waals surface area contributed by atoms with Crippen molar-refractivity contribution in [3.63, 3.8) is 0 Å². The predicted molar refractivity (Wildman–Crippen MR) is 65.3 cm³/mol. The molecule has 0 bridgehead atoms. The number of thioether (sulfide) groups is 1. The van der Waals surface area contributed by atoms with E-state index < -0.39 is 0 Å². The number of fused-ring (bicyclic) bond motifs is 1. The van der Waals surface area contributed by atoms with E-state index in [1.165, 1.54) is 15.7 Å². The van der Waals surface area contributed by atoms with Crippen LogP contribution in [-0.2, 0) is 0 Å². The zero-order valence-electron chi connectivity index (χ0n) is 8.37. The van der Waals surface area contributed by atoms with Gasteiger partial charge in [0.25, 0.3) is 0 Å². The summed E-state index contributed by atoms with van der Waals surface area (Å²) in [6, 6.07) is 12.9. The smallest absolute Gasteiger partial charge is 0.0344 e. The van der Waals surface area contributed by atoms with Crippen LogP contribution in [0.15, 0.2) is 41.3 Å². The van der Waals surface area contributed by atoms with Crippen LogP contribution in [0.3, 0.4) is 0 Å². The van der Waals surface area contributed by atoms with Crippen LogP contribution in [-0.4, -0.2) is 13.3 Å². The fourth-order valence-electron chi connectivity index (χ4n) is 1.59. The summed E-state index contributed by atoms with van der Waals surface area (Å²) in [6.45, 7) is 0. The fraction of sp³-hybridized carbons (Fsp3) is 0.167. The largest absolute Gasteiger partial charge is 0.388 e. The van der Waals surface area contributed by atoms with E-state index in [2.05, 4.69) is 48.0 Å². The minimum absolute atomic E-state index is 1.16. The molecule has 0 saturated carbocycles. The number of rotatable bonds is 2. The van der Waals surface area contributed by atoms with E-state index in [-0.39, 0.29) is 0 Å². The second-order valence-corrected chi connectivity index (χ2v) is 3.99. The molecule has 2 aromatic carbocycles. The van der Waals surface area contributed by atoms with Crippen LogP contribution < -0.4 is 5.32 Å². The molecule has 0 spiro atoms. The molecule has 1 N–H and O–H groups in total. The molecule has 0 heterocycles. The van der Waals surface area contributed by atoms with Crippen molar-refractivity contribution >= 4 is 28.2 Å². The van der Waals surface area contributed by atoms with Gasteiger partial charge in [-0.15, -0.1) is 11.8 Å². The summed E-state index contributed by atoms with van der Waals surface area (Å²) in [5, 5.41) is 5.78. The molecule has 0 aliphatic heterocycles. The van der Waals surface area contributed by atoms with Gasteiger partial charge in [0, 0.05) is 17.6 Å². The van der Waals surface area contributed by atoms with Gasteiger partial charge in [-0.2, -0.15) is 0 Å². The lowest BCUT2D eigenvalue weighted by molar-refractivity contribution is 1.50. The lowest BCUT2D eigenvalue weighted by Gasteiger charge is -2.05. The summed E-state index contributed by atoms with van der Waals surface area (Å²) >= 11 is 1.79. The second kappa shape index (κ2) is 3.93. The van der Waals surface area contributed by atoms with Gasteiger partial charge in [0.2, 0.25) is 0 Å². The van der Waals surface area contributed by atoms with Crippen molar-refractivity contribution in [3.8, 4) is 0 Å². The Morgan fingerprint density at radius 1 is 1.14 bits per heavy atom. The summed E-state index contributed by atoms with van der Waals surface area (Å²) < 4.78 is 0. The van der Waals surface area contributed by atoms with Crippen molar-refractivity contribution in [1.29, 1.82) is 0 Å². The summed E-state index contributed by atoms with van der Waals surface area (Å²) in [5.41, 5.74) is 1.16. The van der Waals surface area contributed by atoms with Crippen molar-refractivity contribution in [2.45, 2.75) is 4.90 Å². The van der Waals surface area contributed by atoms with Gasteiger partial charge in [0.05, 0.1) is 0 Å². The van der Waals surface area contributed by atoms with Gasteiger partial charge < -0.3 is 5.32 Å². The Morgan fingerprint density at radius 2 is 2.00 bits per heavy atom. The first kappa shape index (κ1) is 9.41. The van der Waals surface area contributed by atoms with Crippen LogP contribution in [0.5, 0.6) is 0 Å². The molecule has 0 aliphatic carbocycles. The van der Waals surface area contributed by atoms with Gasteiger partial charge in [0.15, 0.2) is 0 Å². The average molecular weight is 203 g/mol. The average Bonchev–Trinajstić information content (AvgIpc) is 2.27. The van der Waals surface area contributed by atoms with Gasteiger partial charge in [-0.1, -0.05) is 18.2 Å². The minimum atomic E-state index is 1.16. The molecule has 0 aliphatic rings. The second-order valence-electron chi connectivity index (χ2n) is 3.15. The highest BCUT2D eigenvalue weighted by Crippen LogP contribution is 2.27. The molecule has 2 aromatic rings. The third kappa shape index (κ3) is 1.58. The van der Waals surface area contributed by atoms with E-state index in [0.29, 0.717) is 0 Å². The van der Waals surface area contributed by atoms with E-state index in [1.807, 2.05) is 7.05 Å². The molecule has 2 heteroatoms. The Kier molecular flexibility index (Phi) is 2.64. The predicted octanol–water partition coefficient (Wildman–Crippen LogP) is 3.60. The Bertz CT molecular complexity index is 451. The van der Waals surface area contributed by atoms with E-state index >= 15 is 0 Å². The fourth-order valence-corrected chi connectivity index (χ4v) is 2.21. The quantitative estimate of drug-likeness (QED) is 0.748. The van der Waals surface area contributed by atoms with Crippen LogP contribution in [0.1, 0.15) is 0 Å². The van der Waals surface area contributed by atoms with E-state index in [9.17, 15) is 0 Å². The monoisotopic (exact) mass is 203 g/mol. The highest BCUT2D eigenvalue weighted by atomic mass is 32.2. The van der Waals surface area contributed by atoms with Crippen molar-refractivity contribution in [1.82, 2.24) is 0 Å². The zero-order chi connectivity index (χ0) is 9.97. The van der Waals surface area contributed by atoms with Gasteiger partial charge in [-0.25, -0.2) is 0 Å². The molecule has 0 radical (unpaired) electrons. The molecule has 0 saturated heterocycles. The lowest BCUT2D eigenvalue weighted by Crippen LogP contribution is -1.87. The lowest BCUT2D eigenvalue weighted by atomic mass is 10.1. The van der Waals surface area contributed by atoms with E-state index in [4.69, 9.17) is 0 Å². The SMILES string of the molecule is CNc1ccc2c(SC)cccc2c1. The minimum Gasteiger partial charge on any atom is -0.388 e. The van der Waals surface area contributed by atoms with Crippen molar-refractivity contribution < 1.29 is 0 Å². The summed E-state index contributed by atoms with van der Waals surface area (Å²) in [7, 11) is 1.94. The Morgan fingerprint density at radius 3 is 2.71 bits per heavy atom. The van der Waals surface area contributed by atoms with Gasteiger partial charge in [-0.3, -0.25) is 0 Å². The summed E-state index contributed by atoms with van der Waals surface area (Å²) in [5.74, 6) is 0. The van der Waals surface area contributed by atoms with Crippen LogP contribution >= 0.6 is 11.8 Å². The third-order valence-electron chi connectivity index (χ3n) is 2.35. The summed E-state index contributed by atoms with van der Waals surface area (Å²) in [4.78, 5) is 1.34. The first-order valence-electron chi connectivity index (χ1n) is 4.59. The molecule has 0 unspecified atom stereocenters. The molecule has 2 rings (SSSR count). The van der Waals surface area contributed by atoms with E-state index in [1.54, 1.807) is 11.8 Å². The molecule has 0 amide bonds. The van der Waals surface area contributed by atoms with Crippen LogP contribution in [0.4, 0.5) is 5.69 Å². The molecule has 14 heavy (non-hydrogen) atoms. The highest BCUT2D eigenvalue weighted by Gasteiger charge is 1.99. The first-order chi connectivity index (χ1) is 6.85. The van der Waals surface area contributed by atoms with Crippen LogP contribution in [0, 0.1) is 0 Å². The van der Waals surface area contributed by atoms with Gasteiger partial charge in [-0.05, 0) is 35.2 Å². The Hall–Kier alpha value is -1.15. The summed E-state index contributed by atoms with van der Waals surface area (Å²) in [6.07, 6.45) is 2.11. The molecule has 0 atom stereocenters. The van der Waals surface area contributed by atoms with Crippen LogP contribution in [0.25, 0.3) is 10.8 Å². The van der Waals surface area contributed by atoms with Crippen molar-refractivity contribution in [2.24, 2.45) is 0 Å². The molecule has 0 fully saturated rings. The standard InChI is InChI=1S/C12H13NS/c1-13-10-6-7-11-9(8-10)4-3-5-12(11)14-2/h3-8,13H,1-2H3. The number of anilines is 1. The van der Waals surface area contributed by atoms with Crippen molar-refractivity contribution in [3.05, 3.63) is 36.4 Å². The Balaban J connectivity index is 2.67.